The van der Waals surface area contributed by atoms with Crippen molar-refractivity contribution >= 4 is 41.2 Å². The number of carbonyl (C=O) groups excluding carboxylic acids is 4. The lowest BCUT2D eigenvalue weighted by atomic mass is 9.74. The third-order valence-electron chi connectivity index (χ3n) is 12.5. The maximum atomic E-state index is 15.9. The number of halogens is 2. The standard InChI is InChI=1S/C48H56F2N8O7.C2H3N/c1-6-64-40-23-32(9-14-39(40)63-5)27-55(4)45(61)37-25-42(53-26-33(37)29-59)58-21-19-57(20-22-58)41-16-18-56(30-48(41,49)50)28-31-7-10-34(11-8-31)65-35-12-13-36(38(24-35)52-3)44(51)47(2)17-15-43(60)54-46(47)62;1-2-3/h7-14,23-26,29,41,51-52H,6,15-22,27-28,30H2,1-5H3,(H,54,60,62);1H3. The SMILES string of the molecule is CC#N.CCOc1cc(CN(C)C(=O)c2cc(N3CCN(C4CCN(Cc5ccc(Oc6ccc(C(=N)C7(C)CCC(=O)NC7=O)c(NC)c6)cc5)CC4(F)F)CC3)ncc2C=O)ccc1OC. The molecule has 360 valence electrons. The fourth-order valence-corrected chi connectivity index (χ4v) is 8.80. The molecule has 0 aliphatic carbocycles. The molecular formula is C50H59F2N9O7. The summed E-state index contributed by atoms with van der Waals surface area (Å²) in [5.74, 6) is -1.42. The molecule has 4 aromatic rings. The number of alkyl halides is 2. The average Bonchev–Trinajstić information content (AvgIpc) is 3.33. The first kappa shape index (κ1) is 50.4. The number of nitrogens with one attached hydrogen (secondary N) is 3. The van der Waals surface area contributed by atoms with Gasteiger partial charge in [0.25, 0.3) is 11.8 Å². The zero-order valence-corrected chi connectivity index (χ0v) is 39.4. The number of aldehydes is 1. The van der Waals surface area contributed by atoms with Gasteiger partial charge in [0.1, 0.15) is 17.3 Å². The van der Waals surface area contributed by atoms with Crippen molar-refractivity contribution in [2.24, 2.45) is 5.41 Å². The van der Waals surface area contributed by atoms with Crippen molar-refractivity contribution in [3.05, 3.63) is 101 Å². The summed E-state index contributed by atoms with van der Waals surface area (Å²) >= 11 is 0. The van der Waals surface area contributed by atoms with Crippen molar-refractivity contribution < 1.29 is 42.2 Å². The number of carbonyl (C=O) groups is 4. The monoisotopic (exact) mass is 935 g/mol. The number of hydrogen-bond donors (Lipinski definition) is 3. The summed E-state index contributed by atoms with van der Waals surface area (Å²) in [5, 5.41) is 21.6. The number of methoxy groups -OCH3 is 1. The van der Waals surface area contributed by atoms with Crippen LogP contribution in [0, 0.1) is 22.2 Å². The van der Waals surface area contributed by atoms with E-state index >= 15 is 8.78 Å². The molecule has 3 aliphatic heterocycles. The molecule has 0 bridgehead atoms. The molecule has 7 rings (SSSR count). The number of rotatable bonds is 16. The van der Waals surface area contributed by atoms with Crippen molar-refractivity contribution in [1.82, 2.24) is 25.0 Å². The smallest absolute Gasteiger partial charge is 0.275 e. The highest BCUT2D eigenvalue weighted by molar-refractivity contribution is 6.20. The Kier molecular flexibility index (Phi) is 16.5. The van der Waals surface area contributed by atoms with Crippen LogP contribution in [0.5, 0.6) is 23.0 Å². The van der Waals surface area contributed by atoms with Crippen LogP contribution in [0.25, 0.3) is 0 Å². The summed E-state index contributed by atoms with van der Waals surface area (Å²) in [6.07, 6.45) is 2.71. The average molecular weight is 936 g/mol. The second-order valence-corrected chi connectivity index (χ2v) is 17.1. The van der Waals surface area contributed by atoms with Crippen LogP contribution in [0.2, 0.25) is 0 Å². The molecule has 0 spiro atoms. The number of pyridine rings is 1. The highest BCUT2D eigenvalue weighted by Crippen LogP contribution is 2.37. The van der Waals surface area contributed by atoms with Crippen LogP contribution in [-0.2, 0) is 22.7 Å². The van der Waals surface area contributed by atoms with E-state index in [-0.39, 0.29) is 54.6 Å². The molecular weight excluding hydrogens is 877 g/mol. The van der Waals surface area contributed by atoms with Gasteiger partial charge < -0.3 is 34.7 Å². The minimum atomic E-state index is -2.95. The summed E-state index contributed by atoms with van der Waals surface area (Å²) in [5.41, 5.74) is 2.13. The van der Waals surface area contributed by atoms with E-state index in [9.17, 15) is 19.2 Å². The van der Waals surface area contributed by atoms with Gasteiger partial charge in [0, 0.05) is 102 Å². The lowest BCUT2D eigenvalue weighted by Crippen LogP contribution is -2.61. The lowest BCUT2D eigenvalue weighted by molar-refractivity contribution is -0.138. The largest absolute Gasteiger partial charge is 0.493 e. The Bertz CT molecular complexity index is 2530. The van der Waals surface area contributed by atoms with E-state index < -0.39 is 23.3 Å². The van der Waals surface area contributed by atoms with Gasteiger partial charge in [-0.25, -0.2) is 13.8 Å². The van der Waals surface area contributed by atoms with E-state index in [1.807, 2.05) is 41.0 Å². The highest BCUT2D eigenvalue weighted by Gasteiger charge is 2.48. The molecule has 68 heavy (non-hydrogen) atoms. The predicted octanol–water partition coefficient (Wildman–Crippen LogP) is 6.78. The van der Waals surface area contributed by atoms with Gasteiger partial charge >= 0.3 is 0 Å². The highest BCUT2D eigenvalue weighted by atomic mass is 19.3. The first-order valence-corrected chi connectivity index (χ1v) is 22.5. The second kappa shape index (κ2) is 22.2. The molecule has 3 amide bonds. The molecule has 3 fully saturated rings. The Labute approximate surface area is 395 Å². The van der Waals surface area contributed by atoms with Gasteiger partial charge in [-0.3, -0.25) is 34.3 Å². The first-order valence-electron chi connectivity index (χ1n) is 22.5. The van der Waals surface area contributed by atoms with Gasteiger partial charge in [0.05, 0.1) is 49.1 Å². The summed E-state index contributed by atoms with van der Waals surface area (Å²) < 4.78 is 49.0. The lowest BCUT2D eigenvalue weighted by Gasteiger charge is -2.46. The molecule has 4 heterocycles. The number of piperidine rings is 2. The van der Waals surface area contributed by atoms with Crippen molar-refractivity contribution in [2.75, 3.05) is 77.3 Å². The Balaban J connectivity index is 0.00000247. The summed E-state index contributed by atoms with van der Waals surface area (Å²) in [6.45, 7) is 7.79. The number of likely N-dealkylation sites (tertiary alicyclic amines) is 1. The molecule has 18 heteroatoms. The Hall–Kier alpha value is -6.97. The molecule has 0 saturated carbocycles. The third kappa shape index (κ3) is 11.6. The maximum Gasteiger partial charge on any atom is 0.275 e. The number of aromatic nitrogens is 1. The van der Waals surface area contributed by atoms with E-state index in [2.05, 4.69) is 15.6 Å². The van der Waals surface area contributed by atoms with Crippen molar-refractivity contribution in [3.63, 3.8) is 0 Å². The number of piperazine rings is 1. The molecule has 3 saturated heterocycles. The Morgan fingerprint density at radius 3 is 2.34 bits per heavy atom. The third-order valence-corrected chi connectivity index (χ3v) is 12.5. The molecule has 3 N–H and O–H groups in total. The number of benzene rings is 3. The fourth-order valence-electron chi connectivity index (χ4n) is 8.80. The van der Waals surface area contributed by atoms with Gasteiger partial charge in [-0.05, 0) is 80.3 Å². The molecule has 16 nitrogen and oxygen atoms in total. The van der Waals surface area contributed by atoms with Gasteiger partial charge in [-0.1, -0.05) is 18.2 Å². The van der Waals surface area contributed by atoms with Crippen LogP contribution >= 0.6 is 0 Å². The van der Waals surface area contributed by atoms with E-state index in [0.717, 1.165) is 11.1 Å². The quantitative estimate of drug-likeness (QED) is 0.0606. The number of amides is 3. The van der Waals surface area contributed by atoms with Crippen LogP contribution in [0.4, 0.5) is 20.3 Å². The number of ether oxygens (including phenoxy) is 3. The molecule has 2 atom stereocenters. The normalized spacial score (nSPS) is 19.3. The van der Waals surface area contributed by atoms with E-state index in [4.69, 9.17) is 24.9 Å². The summed E-state index contributed by atoms with van der Waals surface area (Å²) in [7, 11) is 4.93. The van der Waals surface area contributed by atoms with Crippen LogP contribution in [0.15, 0.2) is 72.9 Å². The van der Waals surface area contributed by atoms with Gasteiger partial charge in [-0.15, -0.1) is 0 Å². The fraction of sp³-hybridized carbons (Fsp3) is 0.420. The minimum Gasteiger partial charge on any atom is -0.493 e. The van der Waals surface area contributed by atoms with E-state index in [1.54, 1.807) is 81.6 Å². The number of imide groups is 1. The molecule has 1 aromatic heterocycles. The number of hydrogen-bond acceptors (Lipinski definition) is 14. The molecule has 3 aromatic carbocycles. The van der Waals surface area contributed by atoms with Crippen LogP contribution in [0.3, 0.4) is 0 Å². The zero-order valence-electron chi connectivity index (χ0n) is 39.4. The van der Waals surface area contributed by atoms with Crippen LogP contribution < -0.4 is 29.7 Å². The number of anilines is 2. The van der Waals surface area contributed by atoms with Crippen molar-refractivity contribution in [2.45, 2.75) is 65.1 Å². The Morgan fingerprint density at radius 1 is 1.01 bits per heavy atom. The van der Waals surface area contributed by atoms with Gasteiger partial charge in [-0.2, -0.15) is 5.26 Å². The summed E-state index contributed by atoms with van der Waals surface area (Å²) in [6, 6.07) is 20.4. The zero-order chi connectivity index (χ0) is 49.2. The number of nitriles is 1. The second-order valence-electron chi connectivity index (χ2n) is 17.1. The predicted molar refractivity (Wildman–Crippen MR) is 253 cm³/mol. The first-order chi connectivity index (χ1) is 32.6. The van der Waals surface area contributed by atoms with Crippen molar-refractivity contribution in [1.29, 1.82) is 10.7 Å². The molecule has 2 unspecified atom stereocenters. The summed E-state index contributed by atoms with van der Waals surface area (Å²) in [4.78, 5) is 61.7. The van der Waals surface area contributed by atoms with E-state index in [0.29, 0.717) is 98.6 Å². The number of nitrogens with zero attached hydrogens (tertiary/aromatic N) is 6. The van der Waals surface area contributed by atoms with Crippen molar-refractivity contribution in [3.8, 4) is 29.1 Å². The molecule has 3 aliphatic rings. The van der Waals surface area contributed by atoms with Crippen LogP contribution in [0.1, 0.15) is 77.4 Å². The van der Waals surface area contributed by atoms with Crippen LogP contribution in [-0.4, -0.2) is 128 Å². The maximum absolute atomic E-state index is 15.9. The minimum absolute atomic E-state index is 0.102. The van der Waals surface area contributed by atoms with E-state index in [1.165, 1.54) is 18.0 Å². The topological polar surface area (TPSA) is 194 Å². The Morgan fingerprint density at radius 2 is 1.71 bits per heavy atom. The van der Waals surface area contributed by atoms with Gasteiger partial charge in [0.2, 0.25) is 11.8 Å². The van der Waals surface area contributed by atoms with Gasteiger partial charge in [0.15, 0.2) is 17.8 Å². The molecule has 0 radical (unpaired) electrons.